The zero-order valence-corrected chi connectivity index (χ0v) is 57.7. The number of aromatic nitrogens is 6. The van der Waals surface area contributed by atoms with Gasteiger partial charge in [0.2, 0.25) is 0 Å². The molecule has 6 nitrogen and oxygen atoms in total. The molecule has 23 rings (SSSR count). The second-order valence-corrected chi connectivity index (χ2v) is 29.1. The third-order valence-electron chi connectivity index (χ3n) is 23.3. The molecule has 6 heterocycles. The summed E-state index contributed by atoms with van der Waals surface area (Å²) in [6, 6.07) is 132. The van der Waals surface area contributed by atoms with E-state index < -0.39 is 0 Å². The number of fused-ring (bicyclic) bond motifs is 23. The molecule has 16 aromatic carbocycles. The lowest BCUT2D eigenvalue weighted by Crippen LogP contribution is -2.14. The van der Waals surface area contributed by atoms with Gasteiger partial charge in [0.15, 0.2) is 0 Å². The fourth-order valence-corrected chi connectivity index (χ4v) is 18.8. The van der Waals surface area contributed by atoms with Gasteiger partial charge >= 0.3 is 0 Å². The van der Waals surface area contributed by atoms with Crippen molar-refractivity contribution < 1.29 is 0 Å². The Morgan fingerprint density at radius 2 is 0.562 bits per heavy atom. The average molecular weight is 1340 g/mol. The molecule has 0 amide bonds. The Balaban J connectivity index is 0.750. The number of rotatable bonds is 8. The number of benzene rings is 16. The van der Waals surface area contributed by atoms with Crippen LogP contribution in [0.25, 0.3) is 198 Å². The van der Waals surface area contributed by atoms with Crippen LogP contribution in [0.4, 0.5) is 0 Å². The van der Waals surface area contributed by atoms with Crippen molar-refractivity contribution in [3.63, 3.8) is 0 Å². The Morgan fingerprint density at radius 1 is 0.181 bits per heavy atom. The van der Waals surface area contributed by atoms with Crippen molar-refractivity contribution >= 4 is 131 Å². The van der Waals surface area contributed by atoms with Crippen LogP contribution in [0.15, 0.2) is 352 Å². The second-order valence-electron chi connectivity index (χ2n) is 29.1. The van der Waals surface area contributed by atoms with Crippen LogP contribution in [0, 0.1) is 0 Å². The lowest BCUT2D eigenvalue weighted by molar-refractivity contribution is 0.661. The molecular formula is C99H64N6. The number of nitrogens with zero attached hydrogens (tertiary/aromatic N) is 6. The molecule has 0 bridgehead atoms. The lowest BCUT2D eigenvalue weighted by atomic mass is 9.82. The van der Waals surface area contributed by atoms with Crippen LogP contribution in [0.5, 0.6) is 0 Å². The fraction of sp³-hybridized carbons (Fsp3) is 0.0303. The second kappa shape index (κ2) is 21.7. The molecule has 22 aromatic rings. The first-order valence-corrected chi connectivity index (χ1v) is 36.5. The van der Waals surface area contributed by atoms with Crippen molar-refractivity contribution in [3.05, 3.63) is 363 Å². The largest absolute Gasteiger partial charge is 0.309 e. The van der Waals surface area contributed by atoms with E-state index in [1.165, 1.54) is 126 Å². The first kappa shape index (κ1) is 58.0. The van der Waals surface area contributed by atoms with Crippen LogP contribution in [0.1, 0.15) is 25.0 Å². The van der Waals surface area contributed by atoms with E-state index in [1.807, 2.05) is 0 Å². The summed E-state index contributed by atoms with van der Waals surface area (Å²) in [5.41, 5.74) is 30.6. The van der Waals surface area contributed by atoms with Gasteiger partial charge in [-0.3, -0.25) is 0 Å². The molecule has 1 aliphatic rings. The molecule has 0 unspecified atom stereocenters. The van der Waals surface area contributed by atoms with Crippen molar-refractivity contribution in [2.45, 2.75) is 19.3 Å². The molecule has 0 N–H and O–H groups in total. The Morgan fingerprint density at radius 3 is 1.18 bits per heavy atom. The van der Waals surface area contributed by atoms with E-state index in [1.54, 1.807) is 0 Å². The first-order valence-electron chi connectivity index (χ1n) is 36.5. The van der Waals surface area contributed by atoms with E-state index in [9.17, 15) is 0 Å². The highest BCUT2D eigenvalue weighted by Gasteiger charge is 2.37. The Kier molecular flexibility index (Phi) is 12.0. The van der Waals surface area contributed by atoms with Gasteiger partial charge in [0, 0.05) is 104 Å². The molecule has 0 fully saturated rings. The maximum absolute atomic E-state index is 2.58. The van der Waals surface area contributed by atoms with Crippen molar-refractivity contribution in [2.75, 3.05) is 0 Å². The third-order valence-corrected chi connectivity index (χ3v) is 23.3. The summed E-state index contributed by atoms with van der Waals surface area (Å²) in [7, 11) is 0. The van der Waals surface area contributed by atoms with Gasteiger partial charge in [0.05, 0.1) is 66.2 Å². The number of hydrogen-bond donors (Lipinski definition) is 0. The van der Waals surface area contributed by atoms with Crippen LogP contribution in [-0.4, -0.2) is 27.4 Å². The normalized spacial score (nSPS) is 12.9. The Bertz CT molecular complexity index is 7470. The summed E-state index contributed by atoms with van der Waals surface area (Å²) >= 11 is 0. The molecule has 1 aliphatic carbocycles. The Labute approximate surface area is 604 Å². The molecule has 0 saturated carbocycles. The highest BCUT2D eigenvalue weighted by molar-refractivity contribution is 6.29. The predicted octanol–water partition coefficient (Wildman–Crippen LogP) is 25.9. The van der Waals surface area contributed by atoms with E-state index in [0.29, 0.717) is 0 Å². The van der Waals surface area contributed by atoms with Gasteiger partial charge < -0.3 is 27.4 Å². The van der Waals surface area contributed by atoms with Crippen molar-refractivity contribution in [2.24, 2.45) is 0 Å². The SMILES string of the molecule is CC1(C)c2ccccc2-c2cc3c4ccccc4n(-c4cccc(-c5ccc6c(c5)c5ccc(-c7cc8c9ccccc9n(-c9ccccc9)c8c8c7c7ccccc7n8-c7cccc(-n8c9ccccc9c9ccc%10c%11ccccc%11n(-c%11ccccc%11)c%10c98)c7)cc5n6-c5ccccc5)c4)c3cc21. The van der Waals surface area contributed by atoms with Gasteiger partial charge in [-0.1, -0.05) is 232 Å². The van der Waals surface area contributed by atoms with Crippen molar-refractivity contribution in [3.8, 4) is 67.5 Å². The van der Waals surface area contributed by atoms with Gasteiger partial charge in [-0.25, -0.2) is 0 Å². The molecule has 0 atom stereocenters. The van der Waals surface area contributed by atoms with E-state index in [-0.39, 0.29) is 5.41 Å². The summed E-state index contributed by atoms with van der Waals surface area (Å²) in [6.45, 7) is 4.76. The summed E-state index contributed by atoms with van der Waals surface area (Å²) < 4.78 is 15.1. The summed E-state index contributed by atoms with van der Waals surface area (Å²) in [5, 5.41) is 14.6. The predicted molar refractivity (Wildman–Crippen MR) is 441 cm³/mol. The third kappa shape index (κ3) is 8.08. The molecule has 0 saturated heterocycles. The van der Waals surface area contributed by atoms with Gasteiger partial charge in [-0.05, 0) is 178 Å². The maximum Gasteiger partial charge on any atom is 0.0795 e. The Hall–Kier alpha value is -13.7. The molecule has 105 heavy (non-hydrogen) atoms. The van der Waals surface area contributed by atoms with E-state index >= 15 is 0 Å². The monoisotopic (exact) mass is 1340 g/mol. The van der Waals surface area contributed by atoms with Crippen LogP contribution >= 0.6 is 0 Å². The average Bonchev–Trinajstić information content (AvgIpc) is 1.25. The smallest absolute Gasteiger partial charge is 0.0795 e. The molecule has 0 radical (unpaired) electrons. The molecule has 490 valence electrons. The zero-order valence-electron chi connectivity index (χ0n) is 57.7. The number of para-hydroxylation sites is 8. The summed E-state index contributed by atoms with van der Waals surface area (Å²) in [4.78, 5) is 0. The molecular weight excluding hydrogens is 1270 g/mol. The molecule has 0 spiro atoms. The van der Waals surface area contributed by atoms with Gasteiger partial charge in [0.1, 0.15) is 0 Å². The highest BCUT2D eigenvalue weighted by Crippen LogP contribution is 2.53. The van der Waals surface area contributed by atoms with Crippen LogP contribution < -0.4 is 0 Å². The zero-order chi connectivity index (χ0) is 68.9. The molecule has 6 heteroatoms. The summed E-state index contributed by atoms with van der Waals surface area (Å²) in [5.74, 6) is 0. The minimum atomic E-state index is -0.128. The van der Waals surface area contributed by atoms with Crippen LogP contribution in [-0.2, 0) is 5.41 Å². The van der Waals surface area contributed by atoms with Gasteiger partial charge in [-0.2, -0.15) is 0 Å². The number of hydrogen-bond acceptors (Lipinski definition) is 0. The van der Waals surface area contributed by atoms with Crippen LogP contribution in [0.3, 0.4) is 0 Å². The highest BCUT2D eigenvalue weighted by atomic mass is 15.1. The minimum Gasteiger partial charge on any atom is -0.309 e. The molecule has 0 aliphatic heterocycles. The molecule has 6 aromatic heterocycles. The van der Waals surface area contributed by atoms with E-state index in [4.69, 9.17) is 0 Å². The quantitative estimate of drug-likeness (QED) is 0.145. The lowest BCUT2D eigenvalue weighted by Gasteiger charge is -2.21. The first-order chi connectivity index (χ1) is 51.9. The van der Waals surface area contributed by atoms with Crippen LogP contribution in [0.2, 0.25) is 0 Å². The maximum atomic E-state index is 2.58. The summed E-state index contributed by atoms with van der Waals surface area (Å²) in [6.07, 6.45) is 0. The van der Waals surface area contributed by atoms with E-state index in [2.05, 4.69) is 393 Å². The fourth-order valence-electron chi connectivity index (χ4n) is 18.8. The van der Waals surface area contributed by atoms with E-state index in [0.717, 1.165) is 83.9 Å². The van der Waals surface area contributed by atoms with Gasteiger partial charge in [-0.15, -0.1) is 0 Å². The van der Waals surface area contributed by atoms with Gasteiger partial charge in [0.25, 0.3) is 0 Å². The van der Waals surface area contributed by atoms with Crippen molar-refractivity contribution in [1.29, 1.82) is 0 Å². The minimum absolute atomic E-state index is 0.128. The standard InChI is InChI=1S/C99H64N6/c1-99(2)84-42-18-12-36-70(84)80-59-82-73-39-15-19-43-86(73)101(93(82)60-85(80)99)67-33-24-26-61(54-67)62-49-53-91-81(55-62)75-50-48-63(56-92(75)100(91)64-27-6-3-7-28-64)79-58-83-74-40-16-22-46-89(74)103(66-31-10-5-11-32-66)97(83)98-94(79)78-41-17-23-47-90(78)105(98)69-35-25-34-68(57-69)104-88-45-21-14-38-72(88)77-52-51-76-71-37-13-20-44-87(71)102(95(76)96(77)104)65-29-8-4-9-30-65/h3-60H,1-2H3. The topological polar surface area (TPSA) is 29.6 Å². The van der Waals surface area contributed by atoms with Crippen molar-refractivity contribution in [1.82, 2.24) is 27.4 Å².